The van der Waals surface area contributed by atoms with Crippen molar-refractivity contribution in [1.82, 2.24) is 10.2 Å². The second kappa shape index (κ2) is 6.81. The molecule has 2 aromatic carbocycles. The van der Waals surface area contributed by atoms with E-state index in [-0.39, 0.29) is 5.82 Å². The van der Waals surface area contributed by atoms with E-state index >= 15 is 0 Å². The first kappa shape index (κ1) is 15.5. The maximum Gasteiger partial charge on any atom is 0.277 e. The molecule has 0 fully saturated rings. The Balaban J connectivity index is 1.72. The van der Waals surface area contributed by atoms with Crippen LogP contribution in [0.25, 0.3) is 11.5 Å². The molecule has 0 unspecified atom stereocenters. The average Bonchev–Trinajstić information content (AvgIpc) is 2.95. The first-order valence-corrected chi connectivity index (χ1v) is 8.43. The molecule has 0 N–H and O–H groups in total. The van der Waals surface area contributed by atoms with Gasteiger partial charge in [0, 0.05) is 20.8 Å². The molecule has 0 saturated heterocycles. The maximum absolute atomic E-state index is 13.0. The van der Waals surface area contributed by atoms with Crippen LogP contribution in [0.1, 0.15) is 5.56 Å². The van der Waals surface area contributed by atoms with Crippen molar-refractivity contribution in [3.63, 3.8) is 0 Å². The first-order chi connectivity index (χ1) is 10.6. The maximum atomic E-state index is 13.0. The molecule has 0 amide bonds. The van der Waals surface area contributed by atoms with Crippen molar-refractivity contribution in [2.24, 2.45) is 0 Å². The van der Waals surface area contributed by atoms with Crippen LogP contribution in [0.3, 0.4) is 0 Å². The van der Waals surface area contributed by atoms with Crippen LogP contribution in [0.2, 0.25) is 5.02 Å². The average molecular weight is 400 g/mol. The summed E-state index contributed by atoms with van der Waals surface area (Å²) in [7, 11) is 0. The highest BCUT2D eigenvalue weighted by Crippen LogP contribution is 2.29. The minimum Gasteiger partial charge on any atom is -0.411 e. The molecule has 3 aromatic rings. The Morgan fingerprint density at radius 2 is 2.05 bits per heavy atom. The molecular weight excluding hydrogens is 391 g/mol. The second-order valence-corrected chi connectivity index (χ2v) is 6.66. The van der Waals surface area contributed by atoms with Gasteiger partial charge in [-0.2, -0.15) is 0 Å². The SMILES string of the molecule is Fc1ccc(CSc2nnc(-c3cccc(Br)c3)o2)c(Cl)c1. The van der Waals surface area contributed by atoms with Gasteiger partial charge in [0.2, 0.25) is 5.89 Å². The van der Waals surface area contributed by atoms with E-state index in [4.69, 9.17) is 16.0 Å². The summed E-state index contributed by atoms with van der Waals surface area (Å²) >= 11 is 10.7. The summed E-state index contributed by atoms with van der Waals surface area (Å²) in [5.74, 6) is 0.627. The third kappa shape index (κ3) is 3.69. The molecule has 0 atom stereocenters. The van der Waals surface area contributed by atoms with Crippen LogP contribution >= 0.6 is 39.3 Å². The lowest BCUT2D eigenvalue weighted by molar-refractivity contribution is 0.466. The van der Waals surface area contributed by atoms with Gasteiger partial charge in [-0.15, -0.1) is 10.2 Å². The smallest absolute Gasteiger partial charge is 0.277 e. The summed E-state index contributed by atoms with van der Waals surface area (Å²) in [6, 6.07) is 11.9. The number of halogens is 3. The molecule has 0 saturated carbocycles. The molecular formula is C15H9BrClFN2OS. The van der Waals surface area contributed by atoms with Gasteiger partial charge in [-0.25, -0.2) is 4.39 Å². The lowest BCUT2D eigenvalue weighted by atomic mass is 10.2. The van der Waals surface area contributed by atoms with Crippen molar-refractivity contribution in [2.75, 3.05) is 0 Å². The van der Waals surface area contributed by atoms with E-state index in [1.807, 2.05) is 24.3 Å². The Hall–Kier alpha value is -1.37. The van der Waals surface area contributed by atoms with Crippen LogP contribution in [0.15, 0.2) is 56.6 Å². The van der Waals surface area contributed by atoms with E-state index in [0.717, 1.165) is 15.6 Å². The van der Waals surface area contributed by atoms with Gasteiger partial charge >= 0.3 is 0 Å². The molecule has 1 heterocycles. The van der Waals surface area contributed by atoms with Gasteiger partial charge < -0.3 is 4.42 Å². The normalized spacial score (nSPS) is 10.9. The van der Waals surface area contributed by atoms with Gasteiger partial charge in [-0.05, 0) is 35.9 Å². The highest BCUT2D eigenvalue weighted by Gasteiger charge is 2.10. The van der Waals surface area contributed by atoms with E-state index in [0.29, 0.717) is 21.9 Å². The quantitative estimate of drug-likeness (QED) is 0.537. The Morgan fingerprint density at radius 1 is 1.18 bits per heavy atom. The van der Waals surface area contributed by atoms with Gasteiger partial charge in [0.1, 0.15) is 5.82 Å². The zero-order chi connectivity index (χ0) is 15.5. The Bertz CT molecular complexity index is 812. The summed E-state index contributed by atoms with van der Waals surface area (Å²) in [4.78, 5) is 0. The monoisotopic (exact) mass is 398 g/mol. The van der Waals surface area contributed by atoms with Crippen LogP contribution in [-0.2, 0) is 5.75 Å². The van der Waals surface area contributed by atoms with Crippen LogP contribution in [0, 0.1) is 5.82 Å². The predicted octanol–water partition coefficient (Wildman–Crippen LogP) is 5.58. The van der Waals surface area contributed by atoms with Crippen molar-refractivity contribution in [1.29, 1.82) is 0 Å². The molecule has 0 aliphatic heterocycles. The minimum atomic E-state index is -0.353. The Kier molecular flexibility index (Phi) is 4.81. The van der Waals surface area contributed by atoms with Crippen molar-refractivity contribution in [3.8, 4) is 11.5 Å². The molecule has 0 aliphatic rings. The number of rotatable bonds is 4. The fourth-order valence-electron chi connectivity index (χ4n) is 1.78. The van der Waals surface area contributed by atoms with Crippen molar-refractivity contribution in [3.05, 3.63) is 63.3 Å². The van der Waals surface area contributed by atoms with E-state index in [2.05, 4.69) is 26.1 Å². The molecule has 3 rings (SSSR count). The molecule has 112 valence electrons. The van der Waals surface area contributed by atoms with Gasteiger partial charge in [-0.3, -0.25) is 0 Å². The van der Waals surface area contributed by atoms with Gasteiger partial charge in [0.15, 0.2) is 0 Å². The molecule has 1 aromatic heterocycles. The lowest BCUT2D eigenvalue weighted by Crippen LogP contribution is -1.84. The fraction of sp³-hybridized carbons (Fsp3) is 0.0667. The number of hydrogen-bond acceptors (Lipinski definition) is 4. The largest absolute Gasteiger partial charge is 0.411 e. The molecule has 0 spiro atoms. The zero-order valence-electron chi connectivity index (χ0n) is 11.1. The number of aromatic nitrogens is 2. The Morgan fingerprint density at radius 3 is 2.82 bits per heavy atom. The number of nitrogens with zero attached hydrogens (tertiary/aromatic N) is 2. The molecule has 0 aliphatic carbocycles. The van der Waals surface area contributed by atoms with Gasteiger partial charge in [0.05, 0.1) is 0 Å². The minimum absolute atomic E-state index is 0.353. The lowest BCUT2D eigenvalue weighted by Gasteiger charge is -2.01. The number of hydrogen-bond donors (Lipinski definition) is 0. The van der Waals surface area contributed by atoms with Crippen LogP contribution in [0.5, 0.6) is 0 Å². The second-order valence-electron chi connectivity index (χ2n) is 4.41. The van der Waals surface area contributed by atoms with Gasteiger partial charge in [0.25, 0.3) is 5.22 Å². The summed E-state index contributed by atoms with van der Waals surface area (Å²) < 4.78 is 19.6. The molecule has 0 radical (unpaired) electrons. The van der Waals surface area contributed by atoms with Crippen LogP contribution in [-0.4, -0.2) is 10.2 Å². The van der Waals surface area contributed by atoms with E-state index in [9.17, 15) is 4.39 Å². The summed E-state index contributed by atoms with van der Waals surface area (Å²) in [5, 5.41) is 8.85. The summed E-state index contributed by atoms with van der Waals surface area (Å²) in [6.07, 6.45) is 0. The fourth-order valence-corrected chi connectivity index (χ4v) is 3.26. The van der Waals surface area contributed by atoms with Crippen LogP contribution < -0.4 is 0 Å². The Labute approximate surface area is 144 Å². The van der Waals surface area contributed by atoms with Crippen molar-refractivity contribution < 1.29 is 8.81 Å². The highest BCUT2D eigenvalue weighted by molar-refractivity contribution is 9.10. The summed E-state index contributed by atoms with van der Waals surface area (Å²) in [5.41, 5.74) is 1.66. The number of thioether (sulfide) groups is 1. The molecule has 22 heavy (non-hydrogen) atoms. The first-order valence-electron chi connectivity index (χ1n) is 6.28. The molecule has 3 nitrogen and oxygen atoms in total. The van der Waals surface area contributed by atoms with Gasteiger partial charge in [-0.1, -0.05) is 51.4 Å². The molecule has 0 bridgehead atoms. The summed E-state index contributed by atoms with van der Waals surface area (Å²) in [6.45, 7) is 0. The topological polar surface area (TPSA) is 38.9 Å². The number of benzene rings is 2. The molecule has 7 heteroatoms. The third-order valence-corrected chi connectivity index (χ3v) is 4.56. The van der Waals surface area contributed by atoms with Crippen molar-refractivity contribution >= 4 is 39.3 Å². The van der Waals surface area contributed by atoms with Crippen LogP contribution in [0.4, 0.5) is 4.39 Å². The van der Waals surface area contributed by atoms with E-state index in [1.54, 1.807) is 6.07 Å². The van der Waals surface area contributed by atoms with E-state index < -0.39 is 0 Å². The highest BCUT2D eigenvalue weighted by atomic mass is 79.9. The zero-order valence-corrected chi connectivity index (χ0v) is 14.3. The van der Waals surface area contributed by atoms with E-state index in [1.165, 1.54) is 23.9 Å². The predicted molar refractivity (Wildman–Crippen MR) is 88.4 cm³/mol. The third-order valence-electron chi connectivity index (χ3n) is 2.84. The standard InChI is InChI=1S/C15H9BrClFN2OS/c16-11-3-1-2-9(6-11)14-19-20-15(21-14)22-8-10-4-5-12(18)7-13(10)17/h1-7H,8H2. The van der Waals surface area contributed by atoms with Crippen molar-refractivity contribution in [2.45, 2.75) is 11.0 Å².